The molecule has 27 heavy (non-hydrogen) atoms. The van der Waals surface area contributed by atoms with Crippen LogP contribution < -0.4 is 10.6 Å². The third-order valence-electron chi connectivity index (χ3n) is 3.61. The Morgan fingerprint density at radius 1 is 0.963 bits per heavy atom. The molecule has 0 spiro atoms. The summed E-state index contributed by atoms with van der Waals surface area (Å²) >= 11 is 1.38. The molecule has 0 saturated carbocycles. The van der Waals surface area contributed by atoms with Crippen molar-refractivity contribution in [1.82, 2.24) is 0 Å². The minimum absolute atomic E-state index is 0.0893. The molecule has 0 aromatic heterocycles. The summed E-state index contributed by atoms with van der Waals surface area (Å²) < 4.78 is 0. The molecular weight excluding hydrogens is 364 g/mol. The highest BCUT2D eigenvalue weighted by atomic mass is 32.2. The predicted molar refractivity (Wildman–Crippen MR) is 107 cm³/mol. The fourth-order valence-electron chi connectivity index (χ4n) is 2.30. The molecule has 6 nitrogen and oxygen atoms in total. The minimum atomic E-state index is -1.18. The first-order valence-corrected chi connectivity index (χ1v) is 9.14. The van der Waals surface area contributed by atoms with Crippen molar-refractivity contribution in [3.8, 4) is 0 Å². The zero-order chi connectivity index (χ0) is 19.8. The minimum Gasteiger partial charge on any atom is -0.478 e. The lowest BCUT2D eigenvalue weighted by Crippen LogP contribution is -2.15. The zero-order valence-corrected chi connectivity index (χ0v) is 15.8. The molecule has 0 aliphatic rings. The van der Waals surface area contributed by atoms with Crippen LogP contribution in [-0.4, -0.2) is 28.6 Å². The van der Waals surface area contributed by atoms with Crippen LogP contribution in [0.2, 0.25) is 0 Å². The third kappa shape index (κ3) is 6.63. The normalized spacial score (nSPS) is 10.6. The number of rotatable bonds is 7. The molecule has 2 amide bonds. The summed E-state index contributed by atoms with van der Waals surface area (Å²) in [6.07, 6.45) is 1.72. The SMILES string of the molecule is Cc1cccc(C)c1NC(=O)CSc1ccc(NC(=O)/C=C/C(=O)O)cc1. The van der Waals surface area contributed by atoms with Gasteiger partial charge >= 0.3 is 5.97 Å². The van der Waals surface area contributed by atoms with E-state index in [0.29, 0.717) is 5.69 Å². The summed E-state index contributed by atoms with van der Waals surface area (Å²) in [5, 5.41) is 14.0. The summed E-state index contributed by atoms with van der Waals surface area (Å²) in [4.78, 5) is 35.0. The van der Waals surface area contributed by atoms with E-state index in [-0.39, 0.29) is 11.7 Å². The number of hydrogen-bond acceptors (Lipinski definition) is 4. The van der Waals surface area contributed by atoms with E-state index in [9.17, 15) is 14.4 Å². The van der Waals surface area contributed by atoms with E-state index in [1.807, 2.05) is 32.0 Å². The molecule has 0 heterocycles. The van der Waals surface area contributed by atoms with E-state index >= 15 is 0 Å². The monoisotopic (exact) mass is 384 g/mol. The van der Waals surface area contributed by atoms with Crippen LogP contribution in [-0.2, 0) is 14.4 Å². The van der Waals surface area contributed by atoms with Crippen LogP contribution in [0.4, 0.5) is 11.4 Å². The van der Waals surface area contributed by atoms with Gasteiger partial charge in [0.15, 0.2) is 0 Å². The summed E-state index contributed by atoms with van der Waals surface area (Å²) in [5.74, 6) is -1.53. The number of carbonyl (C=O) groups is 3. The molecule has 140 valence electrons. The van der Waals surface area contributed by atoms with Crippen molar-refractivity contribution in [2.45, 2.75) is 18.7 Å². The van der Waals surface area contributed by atoms with Crippen LogP contribution in [0.15, 0.2) is 59.5 Å². The fourth-order valence-corrected chi connectivity index (χ4v) is 3.00. The zero-order valence-electron chi connectivity index (χ0n) is 15.0. The second kappa shape index (κ2) is 9.59. The smallest absolute Gasteiger partial charge is 0.328 e. The van der Waals surface area contributed by atoms with Crippen molar-refractivity contribution >= 4 is 40.9 Å². The fraction of sp³-hybridized carbons (Fsp3) is 0.150. The number of para-hydroxylation sites is 1. The molecule has 0 aliphatic carbocycles. The molecule has 2 aromatic rings. The first-order chi connectivity index (χ1) is 12.8. The molecule has 7 heteroatoms. The van der Waals surface area contributed by atoms with Crippen molar-refractivity contribution in [3.05, 3.63) is 65.7 Å². The van der Waals surface area contributed by atoms with E-state index in [1.165, 1.54) is 11.8 Å². The summed E-state index contributed by atoms with van der Waals surface area (Å²) in [5.41, 5.74) is 3.42. The summed E-state index contributed by atoms with van der Waals surface area (Å²) in [6, 6.07) is 12.8. The van der Waals surface area contributed by atoms with Crippen molar-refractivity contribution in [3.63, 3.8) is 0 Å². The average Bonchev–Trinajstić information content (AvgIpc) is 2.62. The quantitative estimate of drug-likeness (QED) is 0.501. The van der Waals surface area contributed by atoms with Gasteiger partial charge in [0.05, 0.1) is 5.75 Å². The lowest BCUT2D eigenvalue weighted by Gasteiger charge is -2.11. The highest BCUT2D eigenvalue weighted by Crippen LogP contribution is 2.23. The molecule has 2 rings (SSSR count). The second-order valence-corrected chi connectivity index (χ2v) is 6.84. The van der Waals surface area contributed by atoms with Crippen molar-refractivity contribution < 1.29 is 19.5 Å². The number of hydrogen-bond donors (Lipinski definition) is 3. The first kappa shape index (κ1) is 20.3. The van der Waals surface area contributed by atoms with Crippen LogP contribution in [0.25, 0.3) is 0 Å². The van der Waals surface area contributed by atoms with Gasteiger partial charge in [-0.3, -0.25) is 9.59 Å². The number of carboxylic acid groups (broad SMARTS) is 1. The van der Waals surface area contributed by atoms with Gasteiger partial charge in [0.25, 0.3) is 0 Å². The largest absolute Gasteiger partial charge is 0.478 e. The number of carbonyl (C=O) groups excluding carboxylic acids is 2. The van der Waals surface area contributed by atoms with Gasteiger partial charge in [-0.25, -0.2) is 4.79 Å². The number of thioether (sulfide) groups is 1. The topological polar surface area (TPSA) is 95.5 Å². The van der Waals surface area contributed by atoms with Crippen LogP contribution in [0.5, 0.6) is 0 Å². The Hall–Kier alpha value is -3.06. The number of aryl methyl sites for hydroxylation is 2. The van der Waals surface area contributed by atoms with Crippen LogP contribution in [0.3, 0.4) is 0 Å². The number of nitrogens with one attached hydrogen (secondary N) is 2. The molecule has 0 radical (unpaired) electrons. The molecule has 0 saturated heterocycles. The average molecular weight is 384 g/mol. The maximum Gasteiger partial charge on any atom is 0.328 e. The lowest BCUT2D eigenvalue weighted by molar-refractivity contribution is -0.131. The van der Waals surface area contributed by atoms with Crippen LogP contribution in [0, 0.1) is 13.8 Å². The highest BCUT2D eigenvalue weighted by Gasteiger charge is 2.08. The van der Waals surface area contributed by atoms with Gasteiger partial charge < -0.3 is 15.7 Å². The Morgan fingerprint density at radius 3 is 2.19 bits per heavy atom. The Kier molecular flexibility index (Phi) is 7.19. The van der Waals surface area contributed by atoms with Gasteiger partial charge in [0, 0.05) is 28.4 Å². The van der Waals surface area contributed by atoms with E-state index in [0.717, 1.165) is 33.9 Å². The molecule has 0 atom stereocenters. The molecule has 3 N–H and O–H groups in total. The number of benzene rings is 2. The van der Waals surface area contributed by atoms with Crippen LogP contribution >= 0.6 is 11.8 Å². The van der Waals surface area contributed by atoms with Gasteiger partial charge in [-0.15, -0.1) is 11.8 Å². The molecule has 0 fully saturated rings. The maximum atomic E-state index is 12.2. The summed E-state index contributed by atoms with van der Waals surface area (Å²) in [7, 11) is 0. The summed E-state index contributed by atoms with van der Waals surface area (Å²) in [6.45, 7) is 3.91. The van der Waals surface area contributed by atoms with Gasteiger partial charge in [-0.2, -0.15) is 0 Å². The number of carboxylic acids is 1. The predicted octanol–water partition coefficient (Wildman–Crippen LogP) is 3.61. The standard InChI is InChI=1S/C20H20N2O4S/c1-13-4-3-5-14(2)20(13)22-18(24)12-27-16-8-6-15(7-9-16)21-17(23)10-11-19(25)26/h3-11H,12H2,1-2H3,(H,21,23)(H,22,24)(H,25,26)/b11-10+. The van der Waals surface area contributed by atoms with Crippen molar-refractivity contribution in [2.24, 2.45) is 0 Å². The van der Waals surface area contributed by atoms with E-state index < -0.39 is 11.9 Å². The lowest BCUT2D eigenvalue weighted by atomic mass is 10.1. The Bertz CT molecular complexity index is 856. The number of amides is 2. The molecular formula is C20H20N2O4S. The Balaban J connectivity index is 1.87. The van der Waals surface area contributed by atoms with Crippen molar-refractivity contribution in [2.75, 3.05) is 16.4 Å². The first-order valence-electron chi connectivity index (χ1n) is 8.16. The highest BCUT2D eigenvalue weighted by molar-refractivity contribution is 8.00. The van der Waals surface area contributed by atoms with Gasteiger partial charge in [0.1, 0.15) is 0 Å². The van der Waals surface area contributed by atoms with E-state index in [1.54, 1.807) is 24.3 Å². The van der Waals surface area contributed by atoms with Crippen molar-refractivity contribution in [1.29, 1.82) is 0 Å². The van der Waals surface area contributed by atoms with Gasteiger partial charge in [-0.1, -0.05) is 18.2 Å². The van der Waals surface area contributed by atoms with E-state index in [2.05, 4.69) is 10.6 Å². The molecule has 0 aliphatic heterocycles. The molecule has 0 unspecified atom stereocenters. The Labute approximate surface area is 161 Å². The molecule has 0 bridgehead atoms. The van der Waals surface area contributed by atoms with Crippen LogP contribution in [0.1, 0.15) is 11.1 Å². The Morgan fingerprint density at radius 2 is 1.59 bits per heavy atom. The third-order valence-corrected chi connectivity index (χ3v) is 4.63. The number of anilines is 2. The van der Waals surface area contributed by atoms with E-state index in [4.69, 9.17) is 5.11 Å². The maximum absolute atomic E-state index is 12.2. The van der Waals surface area contributed by atoms with Gasteiger partial charge in [-0.05, 0) is 49.2 Å². The number of aliphatic carboxylic acids is 1. The molecule has 2 aromatic carbocycles. The van der Waals surface area contributed by atoms with Gasteiger partial charge in [0.2, 0.25) is 11.8 Å². The second-order valence-electron chi connectivity index (χ2n) is 5.79.